The number of methoxy groups -OCH3 is 2. The first-order valence-electron chi connectivity index (χ1n) is 19.2. The number of carbonyl (C=O) groups is 1. The fourth-order valence-corrected chi connectivity index (χ4v) is 8.13. The molecule has 0 unspecified atom stereocenters. The zero-order chi connectivity index (χ0) is 39.0. The molecule has 1 amide bonds. The highest BCUT2D eigenvalue weighted by atomic mass is 32.2. The van der Waals surface area contributed by atoms with Gasteiger partial charge in [-0.05, 0) is 87.8 Å². The van der Waals surface area contributed by atoms with Crippen molar-refractivity contribution in [3.63, 3.8) is 0 Å². The third-order valence-corrected chi connectivity index (χ3v) is 11.7. The van der Waals surface area contributed by atoms with Crippen LogP contribution in [-0.4, -0.2) is 111 Å². The molecule has 5 aromatic rings. The summed E-state index contributed by atoms with van der Waals surface area (Å²) in [6.45, 7) is 7.63. The van der Waals surface area contributed by atoms with E-state index in [0.717, 1.165) is 121 Å². The third-order valence-electron chi connectivity index (χ3n) is 10.7. The number of carbonyl (C=O) groups excluding carboxylic acids is 1. The van der Waals surface area contributed by atoms with Crippen molar-refractivity contribution in [3.8, 4) is 11.5 Å². The number of aromatic nitrogens is 5. The molecule has 3 aromatic heterocycles. The van der Waals surface area contributed by atoms with Gasteiger partial charge in [0.2, 0.25) is 5.91 Å². The predicted molar refractivity (Wildman–Crippen MR) is 219 cm³/mol. The maximum atomic E-state index is 12.5. The van der Waals surface area contributed by atoms with Gasteiger partial charge in [0.1, 0.15) is 16.5 Å². The molecular formula is C40H50N10O5S. The minimum atomic E-state index is -0.0921. The van der Waals surface area contributed by atoms with E-state index in [0.29, 0.717) is 30.9 Å². The average molecular weight is 783 g/mol. The maximum Gasteiger partial charge on any atom is 0.269 e. The van der Waals surface area contributed by atoms with Gasteiger partial charge in [-0.3, -0.25) is 14.4 Å². The van der Waals surface area contributed by atoms with Crippen molar-refractivity contribution in [1.82, 2.24) is 39.2 Å². The van der Waals surface area contributed by atoms with Crippen LogP contribution in [0.1, 0.15) is 31.2 Å². The number of fused-ring (bicyclic) bond motifs is 3. The lowest BCUT2D eigenvalue weighted by Gasteiger charge is -2.32. The molecule has 15 nitrogen and oxygen atoms in total. The molecule has 0 spiro atoms. The number of nitrogens with two attached hydrogens (primary N) is 1. The molecule has 3 aliphatic rings. The minimum absolute atomic E-state index is 0.0259. The van der Waals surface area contributed by atoms with Crippen molar-refractivity contribution in [1.29, 1.82) is 0 Å². The van der Waals surface area contributed by atoms with Gasteiger partial charge in [0.05, 0.1) is 60.1 Å². The number of benzene rings is 2. The van der Waals surface area contributed by atoms with Gasteiger partial charge in [-0.1, -0.05) is 11.8 Å². The molecule has 0 radical (unpaired) electrons. The van der Waals surface area contributed by atoms with E-state index < -0.39 is 0 Å². The van der Waals surface area contributed by atoms with Crippen molar-refractivity contribution in [2.75, 3.05) is 64.6 Å². The first-order chi connectivity index (χ1) is 27.3. The van der Waals surface area contributed by atoms with E-state index in [1.807, 2.05) is 48.7 Å². The van der Waals surface area contributed by atoms with Gasteiger partial charge < -0.3 is 44.8 Å². The quantitative estimate of drug-likeness (QED) is 0.179. The second-order valence-corrected chi connectivity index (χ2v) is 15.4. The van der Waals surface area contributed by atoms with Crippen LogP contribution in [0.3, 0.4) is 0 Å². The summed E-state index contributed by atoms with van der Waals surface area (Å²) in [6, 6.07) is 14.0. The van der Waals surface area contributed by atoms with Gasteiger partial charge >= 0.3 is 0 Å². The standard InChI is InChI=1S/C24H28N6O3S.C16H22N4O2/c1-33-18-2-3-19-21(11-18)30(23(32)14-26-19)9-8-29-6-4-17(5-7-29)25-12-16-10-20-24(27-13-16)34-15-22(31)28-20;1-22-13-2-3-14-15(10-13)20(16(21)11-18-14)9-8-19-6-4-12(17)5-7-19/h2-3,10-11,13-14,17,25H,4-9,12,15H2,1H3,(H,28,31);2-3,10-12H,4-9,17H2,1H3. The monoisotopic (exact) mass is 782 g/mol. The fraction of sp³-hybridized carbons (Fsp3) is 0.450. The summed E-state index contributed by atoms with van der Waals surface area (Å²) >= 11 is 1.48. The molecular weight excluding hydrogens is 733 g/mol. The summed E-state index contributed by atoms with van der Waals surface area (Å²) in [5, 5.41) is 7.42. The van der Waals surface area contributed by atoms with Crippen LogP contribution in [0.2, 0.25) is 0 Å². The first-order valence-corrected chi connectivity index (χ1v) is 20.2. The fourth-order valence-electron chi connectivity index (χ4n) is 7.40. The largest absolute Gasteiger partial charge is 0.497 e. The van der Waals surface area contributed by atoms with E-state index in [4.69, 9.17) is 15.2 Å². The number of amides is 1. The van der Waals surface area contributed by atoms with Gasteiger partial charge in [-0.2, -0.15) is 0 Å². The summed E-state index contributed by atoms with van der Waals surface area (Å²) in [6.07, 6.45) is 8.82. The minimum Gasteiger partial charge on any atom is -0.497 e. The molecule has 0 atom stereocenters. The zero-order valence-corrected chi connectivity index (χ0v) is 32.8. The summed E-state index contributed by atoms with van der Waals surface area (Å²) in [5.41, 5.74) is 10.9. The number of likely N-dealkylation sites (tertiary alicyclic amines) is 2. The van der Waals surface area contributed by atoms with Gasteiger partial charge in [0.25, 0.3) is 11.1 Å². The van der Waals surface area contributed by atoms with E-state index in [2.05, 4.69) is 35.4 Å². The zero-order valence-electron chi connectivity index (χ0n) is 32.0. The van der Waals surface area contributed by atoms with Crippen LogP contribution >= 0.6 is 11.8 Å². The lowest BCUT2D eigenvalue weighted by atomic mass is 10.0. The Bertz CT molecular complexity index is 2270. The van der Waals surface area contributed by atoms with E-state index in [9.17, 15) is 14.4 Å². The number of nitrogens with one attached hydrogen (secondary N) is 2. The van der Waals surface area contributed by atoms with E-state index in [1.165, 1.54) is 24.2 Å². The number of hydrogen-bond acceptors (Lipinski definition) is 13. The molecule has 0 aliphatic carbocycles. The van der Waals surface area contributed by atoms with E-state index in [-0.39, 0.29) is 17.0 Å². The summed E-state index contributed by atoms with van der Waals surface area (Å²) in [5.74, 6) is 1.91. The number of anilines is 1. The lowest BCUT2D eigenvalue weighted by molar-refractivity contribution is -0.113. The Balaban J connectivity index is 0.000000189. The predicted octanol–water partition coefficient (Wildman–Crippen LogP) is 2.93. The van der Waals surface area contributed by atoms with E-state index >= 15 is 0 Å². The molecule has 0 bridgehead atoms. The Morgan fingerprint density at radius 1 is 0.750 bits per heavy atom. The topological polar surface area (TPSA) is 175 Å². The Kier molecular flexibility index (Phi) is 12.9. The molecule has 2 fully saturated rings. The van der Waals surface area contributed by atoms with Crippen molar-refractivity contribution >= 4 is 45.4 Å². The van der Waals surface area contributed by atoms with Gasteiger partial charge in [0, 0.05) is 63.1 Å². The van der Waals surface area contributed by atoms with Crippen LogP contribution in [0.4, 0.5) is 5.69 Å². The number of ether oxygens (including phenoxy) is 2. The van der Waals surface area contributed by atoms with Crippen LogP contribution in [-0.2, 0) is 24.4 Å². The number of hydrogen-bond donors (Lipinski definition) is 3. The lowest BCUT2D eigenvalue weighted by Crippen LogP contribution is -2.43. The Labute approximate surface area is 329 Å². The van der Waals surface area contributed by atoms with Crippen LogP contribution in [0, 0.1) is 0 Å². The highest BCUT2D eigenvalue weighted by Crippen LogP contribution is 2.30. The van der Waals surface area contributed by atoms with Crippen molar-refractivity contribution in [2.24, 2.45) is 5.73 Å². The first kappa shape index (κ1) is 39.4. The normalized spacial score (nSPS) is 16.9. The van der Waals surface area contributed by atoms with Crippen LogP contribution in [0.25, 0.3) is 22.1 Å². The maximum absolute atomic E-state index is 12.5. The second kappa shape index (κ2) is 18.4. The smallest absolute Gasteiger partial charge is 0.269 e. The third kappa shape index (κ3) is 9.73. The molecule has 2 aromatic carbocycles. The molecule has 6 heterocycles. The number of nitrogens with zero attached hydrogens (tertiary/aromatic N) is 7. The van der Waals surface area contributed by atoms with Gasteiger partial charge in [0.15, 0.2) is 0 Å². The van der Waals surface area contributed by atoms with E-state index in [1.54, 1.807) is 23.4 Å². The molecule has 3 aliphatic heterocycles. The molecule has 0 saturated carbocycles. The average Bonchev–Trinajstić information content (AvgIpc) is 3.22. The van der Waals surface area contributed by atoms with Crippen LogP contribution < -0.4 is 37.0 Å². The Hall–Kier alpha value is -4.87. The Morgan fingerprint density at radius 3 is 1.86 bits per heavy atom. The van der Waals surface area contributed by atoms with Crippen molar-refractivity contribution < 1.29 is 14.3 Å². The molecule has 16 heteroatoms. The molecule has 56 heavy (non-hydrogen) atoms. The number of rotatable bonds is 11. The number of piperidine rings is 2. The molecule has 8 rings (SSSR count). The van der Waals surface area contributed by atoms with Crippen LogP contribution in [0.15, 0.2) is 75.7 Å². The summed E-state index contributed by atoms with van der Waals surface area (Å²) in [7, 11) is 3.24. The number of thioether (sulfide) groups is 1. The highest BCUT2D eigenvalue weighted by molar-refractivity contribution is 8.00. The van der Waals surface area contributed by atoms with Crippen molar-refractivity contribution in [3.05, 3.63) is 87.3 Å². The van der Waals surface area contributed by atoms with Gasteiger partial charge in [-0.15, -0.1) is 0 Å². The van der Waals surface area contributed by atoms with Crippen LogP contribution in [0.5, 0.6) is 11.5 Å². The summed E-state index contributed by atoms with van der Waals surface area (Å²) < 4.78 is 14.1. The highest BCUT2D eigenvalue weighted by Gasteiger charge is 2.21. The molecule has 2 saturated heterocycles. The van der Waals surface area contributed by atoms with Gasteiger partial charge in [-0.25, -0.2) is 15.0 Å². The molecule has 4 N–H and O–H groups in total. The SMILES string of the molecule is COc1ccc2ncc(=O)n(CCN3CCC(N)CC3)c2c1.COc1ccc2ncc(=O)n(CCN3CCC(NCc4cnc5c(c4)NC(=O)CS5)CC3)c2c1. The van der Waals surface area contributed by atoms with Crippen molar-refractivity contribution in [2.45, 2.75) is 62.4 Å². The number of pyridine rings is 1. The Morgan fingerprint density at radius 2 is 1.30 bits per heavy atom. The molecule has 296 valence electrons. The second-order valence-electron chi connectivity index (χ2n) is 14.4. The summed E-state index contributed by atoms with van der Waals surface area (Å²) in [4.78, 5) is 54.0.